The summed E-state index contributed by atoms with van der Waals surface area (Å²) in [6.07, 6.45) is 61.4. The van der Waals surface area contributed by atoms with Gasteiger partial charge >= 0.3 is 17.9 Å². The Labute approximate surface area is 363 Å². The minimum Gasteiger partial charge on any atom is -0.477 e. The molecule has 0 rings (SSSR count). The van der Waals surface area contributed by atoms with Crippen LogP contribution in [0, 0.1) is 0 Å². The summed E-state index contributed by atoms with van der Waals surface area (Å²) in [5.41, 5.74) is 0. The molecule has 8 nitrogen and oxygen atoms in total. The average molecular weight is 827 g/mol. The minimum absolute atomic E-state index is 0.0136. The van der Waals surface area contributed by atoms with Crippen LogP contribution in [0.15, 0.2) is 158 Å². The lowest BCUT2D eigenvalue weighted by atomic mass is 10.1. The van der Waals surface area contributed by atoms with Crippen LogP contribution in [0.2, 0.25) is 0 Å². The van der Waals surface area contributed by atoms with E-state index < -0.39 is 18.1 Å². The molecule has 2 atom stereocenters. The number of rotatable bonds is 35. The summed E-state index contributed by atoms with van der Waals surface area (Å²) in [5.74, 6) is -1.62. The highest BCUT2D eigenvalue weighted by molar-refractivity contribution is 5.72. The normalized spacial score (nSPS) is 14.5. The fraction of sp³-hybridized carbons (Fsp3) is 0.442. The third-order valence-electron chi connectivity index (χ3n) is 8.53. The van der Waals surface area contributed by atoms with Crippen molar-refractivity contribution in [1.29, 1.82) is 0 Å². The predicted octanol–water partition coefficient (Wildman–Crippen LogP) is 12.0. The number of hydrogen-bond acceptors (Lipinski definition) is 6. The molecule has 0 radical (unpaired) electrons. The maximum atomic E-state index is 12.7. The number of aliphatic carboxylic acids is 1. The number of nitrogens with zero attached hydrogens (tertiary/aromatic N) is 1. The quantitative estimate of drug-likeness (QED) is 0.0294. The molecule has 330 valence electrons. The maximum absolute atomic E-state index is 12.7. The van der Waals surface area contributed by atoms with Gasteiger partial charge in [-0.3, -0.25) is 9.59 Å². The lowest BCUT2D eigenvalue weighted by molar-refractivity contribution is -0.887. The molecule has 0 aromatic heterocycles. The molecule has 0 amide bonds. The molecule has 0 aromatic carbocycles. The Morgan fingerprint density at radius 3 is 1.27 bits per heavy atom. The van der Waals surface area contributed by atoms with E-state index in [1.54, 1.807) is 0 Å². The summed E-state index contributed by atoms with van der Waals surface area (Å²) in [5, 5.41) is 9.62. The Morgan fingerprint density at radius 2 is 0.883 bits per heavy atom. The molecule has 0 aromatic rings. The van der Waals surface area contributed by atoms with Gasteiger partial charge in [0.05, 0.1) is 34.4 Å². The Kier molecular flexibility index (Phi) is 37.3. The van der Waals surface area contributed by atoms with Crippen LogP contribution in [-0.2, 0) is 28.6 Å². The molecule has 0 bridgehead atoms. The minimum atomic E-state index is -0.900. The highest BCUT2D eigenvalue weighted by Gasteiger charge is 2.31. The van der Waals surface area contributed by atoms with Crippen LogP contribution in [0.1, 0.15) is 97.3 Å². The fourth-order valence-electron chi connectivity index (χ4n) is 5.22. The van der Waals surface area contributed by atoms with Crippen LogP contribution in [0.25, 0.3) is 0 Å². The number of hydrogen-bond donors (Lipinski definition) is 1. The van der Waals surface area contributed by atoms with Crippen LogP contribution in [-0.4, -0.2) is 80.6 Å². The van der Waals surface area contributed by atoms with Crippen molar-refractivity contribution in [2.45, 2.75) is 109 Å². The van der Waals surface area contributed by atoms with Gasteiger partial charge in [0, 0.05) is 19.3 Å². The molecule has 0 saturated heterocycles. The second-order valence-electron chi connectivity index (χ2n) is 14.8. The second kappa shape index (κ2) is 40.7. The molecular weight excluding hydrogens is 751 g/mol. The van der Waals surface area contributed by atoms with Crippen molar-refractivity contribution in [3.8, 4) is 0 Å². The van der Waals surface area contributed by atoms with E-state index in [9.17, 15) is 19.5 Å². The van der Waals surface area contributed by atoms with Gasteiger partial charge in [0.25, 0.3) is 0 Å². The zero-order valence-corrected chi connectivity index (χ0v) is 37.3. The standard InChI is InChI=1S/C52H75NO7/c1-6-8-10-12-14-16-18-20-22-24-25-27-29-31-33-35-37-39-41-43-51(55)60-48(46-58-45-44-49(52(56)57)53(3,4)5)47-59-50(54)42-40-38-36-34-32-30-28-26-23-21-19-17-15-13-11-9-7-2/h8-33,48-49H,6-7,34-47H2,1-5H3/p+1/b10-8+,11-9+,14-12+,15-13+,18-16+,19-17+,22-20+,23-21+,25-24+,28-26+,29-27+,32-30+,33-31+. The van der Waals surface area contributed by atoms with Crippen molar-refractivity contribution >= 4 is 17.9 Å². The molecule has 0 aliphatic carbocycles. The smallest absolute Gasteiger partial charge is 0.362 e. The monoisotopic (exact) mass is 827 g/mol. The van der Waals surface area contributed by atoms with Crippen molar-refractivity contribution in [3.05, 3.63) is 158 Å². The molecular formula is C52H76NO7+. The Bertz CT molecular complexity index is 1520. The van der Waals surface area contributed by atoms with E-state index in [2.05, 4.69) is 38.2 Å². The Hall–Kier alpha value is -5.05. The van der Waals surface area contributed by atoms with Gasteiger partial charge in [-0.05, 0) is 51.4 Å². The zero-order chi connectivity index (χ0) is 44.2. The largest absolute Gasteiger partial charge is 0.477 e. The summed E-state index contributed by atoms with van der Waals surface area (Å²) < 4.78 is 17.2. The van der Waals surface area contributed by atoms with Gasteiger partial charge in [-0.1, -0.05) is 185 Å². The third kappa shape index (κ3) is 38.5. The molecule has 0 heterocycles. The van der Waals surface area contributed by atoms with E-state index in [1.807, 2.05) is 155 Å². The molecule has 2 unspecified atom stereocenters. The number of likely N-dealkylation sites (N-methyl/N-ethyl adjacent to an activating group) is 1. The summed E-state index contributed by atoms with van der Waals surface area (Å²) in [7, 11) is 5.47. The number of esters is 2. The second-order valence-corrected chi connectivity index (χ2v) is 14.8. The van der Waals surface area contributed by atoms with Gasteiger partial charge in [0.2, 0.25) is 0 Å². The number of carbonyl (C=O) groups excluding carboxylic acids is 2. The van der Waals surface area contributed by atoms with Crippen molar-refractivity contribution < 1.29 is 38.2 Å². The van der Waals surface area contributed by atoms with E-state index in [4.69, 9.17) is 14.2 Å². The first kappa shape index (κ1) is 55.0. The molecule has 0 fully saturated rings. The molecule has 8 heteroatoms. The average Bonchev–Trinajstić information content (AvgIpc) is 3.21. The van der Waals surface area contributed by atoms with E-state index in [0.717, 1.165) is 51.4 Å². The first-order valence-electron chi connectivity index (χ1n) is 21.7. The lowest BCUT2D eigenvalue weighted by Gasteiger charge is -2.31. The summed E-state index contributed by atoms with van der Waals surface area (Å²) in [4.78, 5) is 37.0. The zero-order valence-electron chi connectivity index (χ0n) is 37.3. The number of carbonyl (C=O) groups is 3. The van der Waals surface area contributed by atoms with E-state index in [0.29, 0.717) is 19.3 Å². The van der Waals surface area contributed by atoms with E-state index >= 15 is 0 Å². The van der Waals surface area contributed by atoms with Gasteiger partial charge in [-0.2, -0.15) is 0 Å². The fourth-order valence-corrected chi connectivity index (χ4v) is 5.22. The lowest BCUT2D eigenvalue weighted by Crippen LogP contribution is -2.50. The van der Waals surface area contributed by atoms with Crippen LogP contribution in [0.5, 0.6) is 0 Å². The van der Waals surface area contributed by atoms with Gasteiger partial charge in [-0.25, -0.2) is 4.79 Å². The van der Waals surface area contributed by atoms with Gasteiger partial charge in [0.1, 0.15) is 6.61 Å². The Balaban J connectivity index is 4.61. The number of allylic oxidation sites excluding steroid dienone is 26. The van der Waals surface area contributed by atoms with E-state index in [-0.39, 0.29) is 49.1 Å². The summed E-state index contributed by atoms with van der Waals surface area (Å²) in [6, 6.07) is -0.643. The molecule has 0 spiro atoms. The molecule has 0 saturated carbocycles. The first-order valence-corrected chi connectivity index (χ1v) is 21.7. The first-order chi connectivity index (χ1) is 29.1. The van der Waals surface area contributed by atoms with Crippen LogP contribution in [0.4, 0.5) is 0 Å². The van der Waals surface area contributed by atoms with Gasteiger partial charge in [0.15, 0.2) is 12.1 Å². The van der Waals surface area contributed by atoms with Crippen LogP contribution >= 0.6 is 0 Å². The van der Waals surface area contributed by atoms with Crippen LogP contribution < -0.4 is 0 Å². The van der Waals surface area contributed by atoms with Crippen molar-refractivity contribution in [2.75, 3.05) is 41.0 Å². The van der Waals surface area contributed by atoms with Crippen molar-refractivity contribution in [2.24, 2.45) is 0 Å². The Morgan fingerprint density at radius 1 is 0.500 bits per heavy atom. The topological polar surface area (TPSA) is 99.1 Å². The number of carboxylic acid groups (broad SMARTS) is 1. The highest BCUT2D eigenvalue weighted by atomic mass is 16.6. The molecule has 1 N–H and O–H groups in total. The SMILES string of the molecule is CC/C=C/C=C/C=C/C=C/C=C/C=C/C=C/CCCCCC(=O)OC(COCCC(C(=O)O)[N+](C)(C)C)COC(=O)CCCCC/C=C/C=C/C=C/C=C/C=C/C=C/CC. The molecule has 60 heavy (non-hydrogen) atoms. The van der Waals surface area contributed by atoms with E-state index in [1.165, 1.54) is 0 Å². The van der Waals surface area contributed by atoms with Crippen molar-refractivity contribution in [3.63, 3.8) is 0 Å². The number of carboxylic acids is 1. The number of unbranched alkanes of at least 4 members (excludes halogenated alkanes) is 6. The highest BCUT2D eigenvalue weighted by Crippen LogP contribution is 2.11. The van der Waals surface area contributed by atoms with Gasteiger partial charge in [-0.15, -0.1) is 0 Å². The summed E-state index contributed by atoms with van der Waals surface area (Å²) in [6.45, 7) is 4.30. The van der Waals surface area contributed by atoms with Gasteiger partial charge < -0.3 is 23.8 Å². The molecule has 0 aliphatic rings. The van der Waals surface area contributed by atoms with Crippen LogP contribution in [0.3, 0.4) is 0 Å². The number of ether oxygens (including phenoxy) is 3. The third-order valence-corrected chi connectivity index (χ3v) is 8.53. The van der Waals surface area contributed by atoms with Crippen molar-refractivity contribution in [1.82, 2.24) is 0 Å². The predicted molar refractivity (Wildman–Crippen MR) is 251 cm³/mol. The maximum Gasteiger partial charge on any atom is 0.362 e. The number of quaternary nitrogens is 1. The molecule has 0 aliphatic heterocycles. The summed E-state index contributed by atoms with van der Waals surface area (Å²) >= 11 is 0.